The van der Waals surface area contributed by atoms with Crippen LogP contribution in [0.1, 0.15) is 22.7 Å². The Labute approximate surface area is 182 Å². The van der Waals surface area contributed by atoms with Gasteiger partial charge in [0, 0.05) is 32.0 Å². The maximum Gasteiger partial charge on any atom is 0.242 e. The van der Waals surface area contributed by atoms with Crippen molar-refractivity contribution in [3.05, 3.63) is 89.7 Å². The lowest BCUT2D eigenvalue weighted by Crippen LogP contribution is -2.47. The van der Waals surface area contributed by atoms with Crippen LogP contribution in [0.4, 0.5) is 0 Å². The number of amides is 1. The molecule has 0 spiro atoms. The fraction of sp³-hybridized carbons (Fsp3) is 0.304. The highest BCUT2D eigenvalue weighted by Crippen LogP contribution is 2.23. The molecule has 2 aromatic carbocycles. The topological polar surface area (TPSA) is 84.3 Å². The van der Waals surface area contributed by atoms with Crippen LogP contribution in [0.5, 0.6) is 0 Å². The average Bonchev–Trinajstić information content (AvgIpc) is 3.28. The Hall–Kier alpha value is -2.97. The smallest absolute Gasteiger partial charge is 0.242 e. The standard InChI is InChI=1S/C23H26N4O3S/c28-23(24-17-19-7-9-20(10-8-19)18-27-12-4-11-25-27)22(21-5-2-1-3-6-21)26-13-15-31(29,30)16-14-26/h1-12,22H,13-18H2,(H,24,28). The number of hydrogen-bond acceptors (Lipinski definition) is 5. The molecule has 0 saturated carbocycles. The molecule has 1 amide bonds. The van der Waals surface area contributed by atoms with Gasteiger partial charge in [-0.1, -0.05) is 54.6 Å². The predicted octanol–water partition coefficient (Wildman–Crippen LogP) is 2.02. The molecule has 1 saturated heterocycles. The zero-order valence-electron chi connectivity index (χ0n) is 17.2. The van der Waals surface area contributed by atoms with Crippen molar-refractivity contribution in [3.8, 4) is 0 Å². The molecule has 1 unspecified atom stereocenters. The molecule has 1 aliphatic heterocycles. The number of carbonyl (C=O) groups excluding carboxylic acids is 1. The second-order valence-corrected chi connectivity index (χ2v) is 10.0. The van der Waals surface area contributed by atoms with Crippen molar-refractivity contribution in [3.63, 3.8) is 0 Å². The first-order valence-electron chi connectivity index (χ1n) is 10.3. The summed E-state index contributed by atoms with van der Waals surface area (Å²) in [6.45, 7) is 1.83. The van der Waals surface area contributed by atoms with Crippen LogP contribution < -0.4 is 5.32 Å². The summed E-state index contributed by atoms with van der Waals surface area (Å²) >= 11 is 0. The molecule has 2 heterocycles. The van der Waals surface area contributed by atoms with Gasteiger partial charge in [-0.25, -0.2) is 8.42 Å². The number of sulfone groups is 1. The summed E-state index contributed by atoms with van der Waals surface area (Å²) in [7, 11) is -3.01. The lowest BCUT2D eigenvalue weighted by Gasteiger charge is -2.33. The summed E-state index contributed by atoms with van der Waals surface area (Å²) in [5.74, 6) is 0.0500. The van der Waals surface area contributed by atoms with Crippen LogP contribution in [0.3, 0.4) is 0 Å². The highest BCUT2D eigenvalue weighted by Gasteiger charge is 2.32. The van der Waals surface area contributed by atoms with Gasteiger partial charge in [0.1, 0.15) is 6.04 Å². The van der Waals surface area contributed by atoms with Gasteiger partial charge in [0.2, 0.25) is 5.91 Å². The number of carbonyl (C=O) groups is 1. The monoisotopic (exact) mass is 438 g/mol. The van der Waals surface area contributed by atoms with E-state index in [2.05, 4.69) is 10.4 Å². The highest BCUT2D eigenvalue weighted by molar-refractivity contribution is 7.91. The number of nitrogens with zero attached hydrogens (tertiary/aromatic N) is 3. The molecule has 1 aromatic heterocycles. The first-order valence-corrected chi connectivity index (χ1v) is 12.1. The van der Waals surface area contributed by atoms with Crippen LogP contribution in [-0.2, 0) is 27.7 Å². The van der Waals surface area contributed by atoms with Crippen molar-refractivity contribution < 1.29 is 13.2 Å². The summed E-state index contributed by atoms with van der Waals surface area (Å²) in [5.41, 5.74) is 3.01. The molecule has 162 valence electrons. The van der Waals surface area contributed by atoms with Gasteiger partial charge < -0.3 is 5.32 Å². The second kappa shape index (κ2) is 9.45. The van der Waals surface area contributed by atoms with Gasteiger partial charge in [-0.3, -0.25) is 14.4 Å². The van der Waals surface area contributed by atoms with E-state index in [4.69, 9.17) is 0 Å². The molecule has 8 heteroatoms. The Morgan fingerprint density at radius 3 is 2.29 bits per heavy atom. The maximum absolute atomic E-state index is 13.1. The molecule has 4 rings (SSSR count). The molecule has 0 aliphatic carbocycles. The van der Waals surface area contributed by atoms with E-state index in [0.717, 1.165) is 16.7 Å². The first-order chi connectivity index (χ1) is 15.0. The molecule has 1 atom stereocenters. The van der Waals surface area contributed by atoms with Crippen LogP contribution >= 0.6 is 0 Å². The van der Waals surface area contributed by atoms with Crippen molar-refractivity contribution >= 4 is 15.7 Å². The lowest BCUT2D eigenvalue weighted by molar-refractivity contribution is -0.126. The number of rotatable bonds is 7. The molecule has 3 aromatic rings. The number of aromatic nitrogens is 2. The molecule has 1 fully saturated rings. The molecule has 31 heavy (non-hydrogen) atoms. The quantitative estimate of drug-likeness (QED) is 0.610. The van der Waals surface area contributed by atoms with Crippen LogP contribution in [0.25, 0.3) is 0 Å². The summed E-state index contributed by atoms with van der Waals surface area (Å²) in [5, 5.41) is 7.25. The van der Waals surface area contributed by atoms with E-state index in [9.17, 15) is 13.2 Å². The molecule has 7 nitrogen and oxygen atoms in total. The van der Waals surface area contributed by atoms with E-state index in [1.165, 1.54) is 0 Å². The Morgan fingerprint density at radius 2 is 1.65 bits per heavy atom. The van der Waals surface area contributed by atoms with Crippen LogP contribution in [0.15, 0.2) is 73.1 Å². The van der Waals surface area contributed by atoms with Gasteiger partial charge in [0.25, 0.3) is 0 Å². The molecular formula is C23H26N4O3S. The molecule has 1 N–H and O–H groups in total. The summed E-state index contributed by atoms with van der Waals surface area (Å²) in [4.78, 5) is 15.1. The Kier molecular flexibility index (Phi) is 6.48. The largest absolute Gasteiger partial charge is 0.350 e. The van der Waals surface area contributed by atoms with E-state index in [-0.39, 0.29) is 17.4 Å². The van der Waals surface area contributed by atoms with Gasteiger partial charge in [-0.2, -0.15) is 5.10 Å². The van der Waals surface area contributed by atoms with E-state index in [1.54, 1.807) is 6.20 Å². The number of benzene rings is 2. The number of nitrogens with one attached hydrogen (secondary N) is 1. The third-order valence-corrected chi connectivity index (χ3v) is 7.11. The minimum Gasteiger partial charge on any atom is -0.350 e. The highest BCUT2D eigenvalue weighted by atomic mass is 32.2. The van der Waals surface area contributed by atoms with Crippen molar-refractivity contribution in [2.75, 3.05) is 24.6 Å². The van der Waals surface area contributed by atoms with E-state index < -0.39 is 15.9 Å². The maximum atomic E-state index is 13.1. The SMILES string of the molecule is O=C(NCc1ccc(Cn2cccn2)cc1)C(c1ccccc1)N1CCS(=O)(=O)CC1. The Morgan fingerprint density at radius 1 is 0.968 bits per heavy atom. The zero-order valence-corrected chi connectivity index (χ0v) is 18.0. The summed E-state index contributed by atoms with van der Waals surface area (Å²) in [6.07, 6.45) is 3.68. The van der Waals surface area contributed by atoms with Crippen molar-refractivity contribution in [1.82, 2.24) is 20.0 Å². The molecular weight excluding hydrogens is 412 g/mol. The minimum atomic E-state index is -3.01. The van der Waals surface area contributed by atoms with Crippen molar-refractivity contribution in [2.24, 2.45) is 0 Å². The lowest BCUT2D eigenvalue weighted by atomic mass is 10.0. The van der Waals surface area contributed by atoms with Crippen LogP contribution in [0.2, 0.25) is 0 Å². The zero-order chi connectivity index (χ0) is 21.7. The minimum absolute atomic E-state index is 0.0847. The fourth-order valence-corrected chi connectivity index (χ4v) is 5.01. The average molecular weight is 439 g/mol. The van der Waals surface area contributed by atoms with Crippen molar-refractivity contribution in [1.29, 1.82) is 0 Å². The van der Waals surface area contributed by atoms with Crippen LogP contribution in [-0.4, -0.2) is 53.6 Å². The number of hydrogen-bond donors (Lipinski definition) is 1. The third kappa shape index (κ3) is 5.59. The van der Waals surface area contributed by atoms with E-state index in [1.807, 2.05) is 76.4 Å². The Bertz CT molecular complexity index is 1080. The van der Waals surface area contributed by atoms with E-state index in [0.29, 0.717) is 26.2 Å². The van der Waals surface area contributed by atoms with Gasteiger partial charge in [0.05, 0.1) is 18.1 Å². The van der Waals surface area contributed by atoms with Gasteiger partial charge in [-0.15, -0.1) is 0 Å². The third-order valence-electron chi connectivity index (χ3n) is 5.50. The molecule has 0 radical (unpaired) electrons. The van der Waals surface area contributed by atoms with Gasteiger partial charge in [-0.05, 0) is 22.8 Å². The van der Waals surface area contributed by atoms with E-state index >= 15 is 0 Å². The van der Waals surface area contributed by atoms with Gasteiger partial charge >= 0.3 is 0 Å². The summed E-state index contributed by atoms with van der Waals surface area (Å²) < 4.78 is 25.5. The predicted molar refractivity (Wildman–Crippen MR) is 119 cm³/mol. The van der Waals surface area contributed by atoms with Gasteiger partial charge in [0.15, 0.2) is 9.84 Å². The molecule has 0 bridgehead atoms. The first kappa shape index (κ1) is 21.3. The fourth-order valence-electron chi connectivity index (χ4n) is 3.78. The van der Waals surface area contributed by atoms with Crippen molar-refractivity contribution in [2.45, 2.75) is 19.1 Å². The Balaban J connectivity index is 1.41. The van der Waals surface area contributed by atoms with Crippen LogP contribution in [0, 0.1) is 0 Å². The second-order valence-electron chi connectivity index (χ2n) is 7.74. The normalized spacial score (nSPS) is 17.2. The summed E-state index contributed by atoms with van der Waals surface area (Å²) in [6, 6.07) is 19.0. The molecule has 1 aliphatic rings.